The van der Waals surface area contributed by atoms with Crippen LogP contribution < -0.4 is 10.6 Å². The Bertz CT molecular complexity index is 858. The highest BCUT2D eigenvalue weighted by Crippen LogP contribution is 2.27. The Balaban J connectivity index is 1.94. The first-order valence-electron chi connectivity index (χ1n) is 8.59. The van der Waals surface area contributed by atoms with E-state index in [2.05, 4.69) is 10.6 Å². The van der Waals surface area contributed by atoms with E-state index in [1.54, 1.807) is 56.3 Å². The maximum atomic E-state index is 13.8. The molecular formula is C20H21FN2O4S. The van der Waals surface area contributed by atoms with Crippen LogP contribution in [0.3, 0.4) is 0 Å². The minimum atomic E-state index is -0.733. The van der Waals surface area contributed by atoms with Gasteiger partial charge in [0.2, 0.25) is 0 Å². The highest BCUT2D eigenvalue weighted by molar-refractivity contribution is 7.98. The van der Waals surface area contributed by atoms with Gasteiger partial charge in [0.15, 0.2) is 6.61 Å². The Hall–Kier alpha value is -2.87. The van der Waals surface area contributed by atoms with Crippen LogP contribution in [0.1, 0.15) is 29.8 Å². The van der Waals surface area contributed by atoms with Gasteiger partial charge >= 0.3 is 12.0 Å². The van der Waals surface area contributed by atoms with E-state index >= 15 is 0 Å². The number of esters is 1. The van der Waals surface area contributed by atoms with Crippen LogP contribution in [0.5, 0.6) is 0 Å². The van der Waals surface area contributed by atoms with Crippen molar-refractivity contribution in [2.45, 2.75) is 30.5 Å². The Labute approximate surface area is 166 Å². The van der Waals surface area contributed by atoms with Gasteiger partial charge in [-0.3, -0.25) is 10.1 Å². The van der Waals surface area contributed by atoms with Crippen molar-refractivity contribution >= 4 is 29.7 Å². The zero-order chi connectivity index (χ0) is 20.5. The highest BCUT2D eigenvalue weighted by Gasteiger charge is 2.16. The molecule has 0 saturated carbocycles. The predicted molar refractivity (Wildman–Crippen MR) is 104 cm³/mol. The number of halogens is 1. The molecule has 0 saturated heterocycles. The molecule has 6 nitrogen and oxygen atoms in total. The summed E-state index contributed by atoms with van der Waals surface area (Å²) in [4.78, 5) is 36.1. The largest absolute Gasteiger partial charge is 0.452 e. The molecule has 0 aliphatic heterocycles. The Morgan fingerprint density at radius 3 is 2.46 bits per heavy atom. The average molecular weight is 404 g/mol. The van der Waals surface area contributed by atoms with E-state index in [1.165, 1.54) is 17.8 Å². The van der Waals surface area contributed by atoms with Crippen LogP contribution in [0.4, 0.5) is 9.18 Å². The standard InChI is InChI=1S/C20H21FN2O4S/c1-13(2)22-20(26)23-18(24)11-27-19(25)15-8-4-6-10-17(15)28-12-14-7-3-5-9-16(14)21/h3-10,13H,11-12H2,1-2H3,(H2,22,23,24,26). The number of imide groups is 1. The molecule has 0 unspecified atom stereocenters. The second-order valence-corrected chi connectivity index (χ2v) is 7.15. The van der Waals surface area contributed by atoms with E-state index < -0.39 is 24.5 Å². The molecule has 0 atom stereocenters. The lowest BCUT2D eigenvalue weighted by Crippen LogP contribution is -2.44. The van der Waals surface area contributed by atoms with E-state index in [-0.39, 0.29) is 17.4 Å². The summed E-state index contributed by atoms with van der Waals surface area (Å²) >= 11 is 1.29. The van der Waals surface area contributed by atoms with Crippen molar-refractivity contribution in [1.29, 1.82) is 0 Å². The molecule has 3 amide bonds. The summed E-state index contributed by atoms with van der Waals surface area (Å²) in [6, 6.07) is 12.3. The van der Waals surface area contributed by atoms with Gasteiger partial charge in [-0.25, -0.2) is 14.0 Å². The normalized spacial score (nSPS) is 10.4. The third-order valence-electron chi connectivity index (χ3n) is 3.46. The van der Waals surface area contributed by atoms with Gasteiger partial charge in [-0.15, -0.1) is 11.8 Å². The van der Waals surface area contributed by atoms with E-state index in [4.69, 9.17) is 4.74 Å². The molecule has 2 rings (SSSR count). The van der Waals surface area contributed by atoms with Crippen molar-refractivity contribution in [2.24, 2.45) is 0 Å². The summed E-state index contributed by atoms with van der Waals surface area (Å²) in [5, 5.41) is 4.57. The lowest BCUT2D eigenvalue weighted by Gasteiger charge is -2.11. The molecule has 2 aromatic carbocycles. The lowest BCUT2D eigenvalue weighted by atomic mass is 10.2. The van der Waals surface area contributed by atoms with Crippen LogP contribution in [0.2, 0.25) is 0 Å². The van der Waals surface area contributed by atoms with Gasteiger partial charge < -0.3 is 10.1 Å². The molecule has 0 spiro atoms. The first-order chi connectivity index (χ1) is 13.4. The summed E-state index contributed by atoms with van der Waals surface area (Å²) in [7, 11) is 0. The number of hydrogen-bond donors (Lipinski definition) is 2. The summed E-state index contributed by atoms with van der Waals surface area (Å²) < 4.78 is 18.8. The summed E-state index contributed by atoms with van der Waals surface area (Å²) in [6.07, 6.45) is 0. The molecule has 28 heavy (non-hydrogen) atoms. The Kier molecular flexibility index (Phi) is 8.01. The highest BCUT2D eigenvalue weighted by atomic mass is 32.2. The third kappa shape index (κ3) is 6.70. The van der Waals surface area contributed by atoms with Crippen molar-refractivity contribution in [2.75, 3.05) is 6.61 Å². The summed E-state index contributed by atoms with van der Waals surface area (Å²) in [5.74, 6) is -1.40. The zero-order valence-corrected chi connectivity index (χ0v) is 16.3. The smallest absolute Gasteiger partial charge is 0.339 e. The molecule has 0 fully saturated rings. The van der Waals surface area contributed by atoms with Gasteiger partial charge in [0.1, 0.15) is 5.82 Å². The van der Waals surface area contributed by atoms with E-state index in [9.17, 15) is 18.8 Å². The number of ether oxygens (including phenoxy) is 1. The average Bonchev–Trinajstić information content (AvgIpc) is 2.65. The molecule has 0 radical (unpaired) electrons. The number of rotatable bonds is 7. The number of carbonyl (C=O) groups excluding carboxylic acids is 3. The Morgan fingerprint density at radius 1 is 1.07 bits per heavy atom. The van der Waals surface area contributed by atoms with Crippen molar-refractivity contribution in [3.05, 3.63) is 65.5 Å². The molecule has 0 aliphatic rings. The van der Waals surface area contributed by atoms with Crippen LogP contribution in [0, 0.1) is 5.82 Å². The number of urea groups is 1. The summed E-state index contributed by atoms with van der Waals surface area (Å²) in [6.45, 7) is 2.91. The predicted octanol–water partition coefficient (Wildman–Crippen LogP) is 3.51. The first kappa shape index (κ1) is 21.4. The van der Waals surface area contributed by atoms with Crippen molar-refractivity contribution < 1.29 is 23.5 Å². The number of amides is 3. The number of hydrogen-bond acceptors (Lipinski definition) is 5. The topological polar surface area (TPSA) is 84.5 Å². The van der Waals surface area contributed by atoms with E-state index in [0.717, 1.165) is 0 Å². The van der Waals surface area contributed by atoms with Crippen LogP contribution in [0.25, 0.3) is 0 Å². The summed E-state index contributed by atoms with van der Waals surface area (Å²) in [5.41, 5.74) is 0.787. The molecule has 8 heteroatoms. The zero-order valence-electron chi connectivity index (χ0n) is 15.5. The number of benzene rings is 2. The number of nitrogens with one attached hydrogen (secondary N) is 2. The van der Waals surface area contributed by atoms with Gasteiger partial charge in [0, 0.05) is 16.7 Å². The molecule has 0 heterocycles. The van der Waals surface area contributed by atoms with Crippen LogP contribution in [-0.2, 0) is 15.3 Å². The molecule has 0 aromatic heterocycles. The van der Waals surface area contributed by atoms with E-state index in [1.807, 2.05) is 0 Å². The van der Waals surface area contributed by atoms with Crippen LogP contribution >= 0.6 is 11.8 Å². The van der Waals surface area contributed by atoms with Crippen molar-refractivity contribution in [1.82, 2.24) is 10.6 Å². The molecule has 2 aromatic rings. The Morgan fingerprint density at radius 2 is 1.75 bits per heavy atom. The van der Waals surface area contributed by atoms with Crippen molar-refractivity contribution in [3.8, 4) is 0 Å². The second kappa shape index (κ2) is 10.5. The minimum Gasteiger partial charge on any atom is -0.452 e. The molecular weight excluding hydrogens is 383 g/mol. The quantitative estimate of drug-likeness (QED) is 0.545. The molecule has 148 valence electrons. The van der Waals surface area contributed by atoms with Crippen LogP contribution in [0.15, 0.2) is 53.4 Å². The second-order valence-electron chi connectivity index (χ2n) is 6.13. The van der Waals surface area contributed by atoms with E-state index in [0.29, 0.717) is 16.2 Å². The van der Waals surface area contributed by atoms with Gasteiger partial charge in [0.25, 0.3) is 5.91 Å². The van der Waals surface area contributed by atoms with Gasteiger partial charge in [-0.05, 0) is 37.6 Å². The monoisotopic (exact) mass is 404 g/mol. The maximum absolute atomic E-state index is 13.8. The fraction of sp³-hybridized carbons (Fsp3) is 0.250. The number of carbonyl (C=O) groups is 3. The van der Waals surface area contributed by atoms with Gasteiger partial charge in [0.05, 0.1) is 5.56 Å². The lowest BCUT2D eigenvalue weighted by molar-refractivity contribution is -0.123. The van der Waals surface area contributed by atoms with Crippen molar-refractivity contribution in [3.63, 3.8) is 0 Å². The minimum absolute atomic E-state index is 0.131. The third-order valence-corrected chi connectivity index (χ3v) is 4.58. The first-order valence-corrected chi connectivity index (χ1v) is 9.58. The van der Waals surface area contributed by atoms with Crippen LogP contribution in [-0.4, -0.2) is 30.6 Å². The fourth-order valence-electron chi connectivity index (χ4n) is 2.20. The number of thioether (sulfide) groups is 1. The SMILES string of the molecule is CC(C)NC(=O)NC(=O)COC(=O)c1ccccc1SCc1ccccc1F. The molecule has 2 N–H and O–H groups in total. The molecule has 0 aliphatic carbocycles. The molecule has 0 bridgehead atoms. The van der Waals surface area contributed by atoms with Gasteiger partial charge in [-0.1, -0.05) is 30.3 Å². The maximum Gasteiger partial charge on any atom is 0.339 e. The van der Waals surface area contributed by atoms with Gasteiger partial charge in [-0.2, -0.15) is 0 Å². The fourth-order valence-corrected chi connectivity index (χ4v) is 3.23.